The molecule has 1 aliphatic heterocycles. The molecule has 0 radical (unpaired) electrons. The van der Waals surface area contributed by atoms with E-state index in [0.29, 0.717) is 12.0 Å². The summed E-state index contributed by atoms with van der Waals surface area (Å²) in [6, 6.07) is 12.5. The number of aromatic nitrogens is 1. The van der Waals surface area contributed by atoms with Crippen LogP contribution in [0.1, 0.15) is 60.9 Å². The van der Waals surface area contributed by atoms with Gasteiger partial charge in [-0.25, -0.2) is 0 Å². The van der Waals surface area contributed by atoms with Crippen LogP contribution in [0.5, 0.6) is 0 Å². The SMILES string of the molecule is NC(=O)C[C@H](NC(=O)[C@H](CCCN=C(N)N)NC(=O)[C@@H]1CCCN1C(=O)[C@H](CCCN=C(N)N)NC(=O)[C@H](Cc1ccccc1)NC(=O)[C@H](Cc1c[nH]c2ccccc12)NC(=O)Cc1cccs1)C(N)=O. The highest BCUT2D eigenvalue weighted by Gasteiger charge is 2.40. The molecule has 0 spiro atoms. The third kappa shape index (κ3) is 16.9. The number of H-pyrrole nitrogens is 1. The zero-order valence-electron chi connectivity index (χ0n) is 39.1. The number of amides is 8. The number of hydrogen-bond donors (Lipinski definition) is 12. The molecule has 24 heteroatoms. The topological polar surface area (TPSA) is 397 Å². The van der Waals surface area contributed by atoms with Crippen LogP contribution in [0.4, 0.5) is 0 Å². The average molecular weight is 998 g/mol. The van der Waals surface area contributed by atoms with Gasteiger partial charge in [-0.15, -0.1) is 11.3 Å². The molecule has 8 amide bonds. The molecule has 5 rings (SSSR count). The van der Waals surface area contributed by atoms with E-state index in [4.69, 9.17) is 34.4 Å². The minimum Gasteiger partial charge on any atom is -0.370 e. The lowest BCUT2D eigenvalue weighted by molar-refractivity contribution is -0.142. The molecule has 1 fully saturated rings. The van der Waals surface area contributed by atoms with Crippen molar-refractivity contribution >= 4 is 81.4 Å². The molecular formula is C47H63N15O8S. The van der Waals surface area contributed by atoms with Gasteiger partial charge in [-0.1, -0.05) is 54.6 Å². The van der Waals surface area contributed by atoms with Gasteiger partial charge >= 0.3 is 0 Å². The summed E-state index contributed by atoms with van der Waals surface area (Å²) in [7, 11) is 0. The standard InChI is InChI=1S/C47H63N15O8S/c48-38(63)25-34(40(49)65)60-41(66)32(15-6-18-54-46(50)51)58-44(69)37-17-8-20-62(37)45(70)33(16-7-19-55-47(52)53)59-42(67)35(22-27-10-2-1-3-11-27)61-43(68)36(57-39(64)24-29-12-9-21-71-29)23-28-26-56-31-14-5-4-13-30(28)31/h1-5,9-14,21,26,32-37,56H,6-8,15-20,22-25H2,(H2,48,63)(H2,49,65)(H,57,64)(H,58,69)(H,59,67)(H,60,66)(H,61,68)(H4,50,51,54)(H4,52,53,55)/t32-,33-,34-,35-,36-,37-/m0/s1. The fourth-order valence-corrected chi connectivity index (χ4v) is 8.85. The third-order valence-electron chi connectivity index (χ3n) is 11.6. The predicted octanol–water partition coefficient (Wildman–Crippen LogP) is -1.86. The van der Waals surface area contributed by atoms with Crippen molar-refractivity contribution < 1.29 is 38.4 Å². The summed E-state index contributed by atoms with van der Waals surface area (Å²) in [6.45, 7) is 0.277. The zero-order valence-corrected chi connectivity index (χ0v) is 40.0. The zero-order chi connectivity index (χ0) is 51.5. The Bertz CT molecular complexity index is 2540. The number of para-hydroxylation sites is 1. The summed E-state index contributed by atoms with van der Waals surface area (Å²) < 4.78 is 0. The molecule has 1 aliphatic rings. The molecule has 2 aromatic heterocycles. The molecule has 1 saturated heterocycles. The molecule has 0 bridgehead atoms. The van der Waals surface area contributed by atoms with Gasteiger partial charge in [0.05, 0.1) is 12.8 Å². The molecule has 0 saturated carbocycles. The molecule has 3 heterocycles. The summed E-state index contributed by atoms with van der Waals surface area (Å²) in [5, 5.41) is 16.3. The summed E-state index contributed by atoms with van der Waals surface area (Å²) in [5.41, 5.74) is 35.0. The number of fused-ring (bicyclic) bond motifs is 1. The van der Waals surface area contributed by atoms with Gasteiger partial charge < -0.3 is 70.9 Å². The van der Waals surface area contributed by atoms with Crippen LogP contribution in [0.3, 0.4) is 0 Å². The molecule has 380 valence electrons. The van der Waals surface area contributed by atoms with Gasteiger partial charge in [0.2, 0.25) is 47.3 Å². The van der Waals surface area contributed by atoms with Crippen molar-refractivity contribution in [2.75, 3.05) is 19.6 Å². The van der Waals surface area contributed by atoms with Crippen molar-refractivity contribution in [1.29, 1.82) is 0 Å². The van der Waals surface area contributed by atoms with Gasteiger partial charge in [-0.3, -0.25) is 48.3 Å². The Morgan fingerprint density at radius 1 is 0.676 bits per heavy atom. The maximum atomic E-state index is 14.7. The van der Waals surface area contributed by atoms with Crippen LogP contribution in [0.15, 0.2) is 88.3 Å². The second-order valence-corrected chi connectivity index (χ2v) is 18.1. The van der Waals surface area contributed by atoms with E-state index in [1.165, 1.54) is 16.2 Å². The number of nitrogens with zero attached hydrogens (tertiary/aromatic N) is 3. The van der Waals surface area contributed by atoms with E-state index in [9.17, 15) is 38.4 Å². The molecule has 4 aromatic rings. The number of aromatic amines is 1. The largest absolute Gasteiger partial charge is 0.370 e. The normalized spacial score (nSPS) is 15.2. The number of carbonyl (C=O) groups is 8. The van der Waals surface area contributed by atoms with Crippen LogP contribution in [0.25, 0.3) is 10.9 Å². The first-order valence-corrected chi connectivity index (χ1v) is 24.0. The number of rotatable bonds is 27. The van der Waals surface area contributed by atoms with E-state index in [1.807, 2.05) is 41.8 Å². The number of nitrogens with one attached hydrogen (secondary N) is 6. The summed E-state index contributed by atoms with van der Waals surface area (Å²) in [4.78, 5) is 122. The fraction of sp³-hybridized carbons (Fsp3) is 0.404. The monoisotopic (exact) mass is 997 g/mol. The van der Waals surface area contributed by atoms with E-state index >= 15 is 0 Å². The first kappa shape index (κ1) is 53.9. The molecule has 23 nitrogen and oxygen atoms in total. The number of thiophene rings is 1. The Hall–Kier alpha value is -8.02. The average Bonchev–Trinajstić information content (AvgIpc) is 4.12. The minimum absolute atomic E-state index is 0.00432. The highest BCUT2D eigenvalue weighted by Crippen LogP contribution is 2.22. The lowest BCUT2D eigenvalue weighted by Crippen LogP contribution is -2.60. The van der Waals surface area contributed by atoms with Crippen LogP contribution in [-0.4, -0.2) is 125 Å². The van der Waals surface area contributed by atoms with Crippen molar-refractivity contribution in [3.05, 3.63) is 94.3 Å². The van der Waals surface area contributed by atoms with Gasteiger partial charge in [0, 0.05) is 54.5 Å². The van der Waals surface area contributed by atoms with Gasteiger partial charge in [0.1, 0.15) is 36.3 Å². The Morgan fingerprint density at radius 2 is 1.28 bits per heavy atom. The third-order valence-corrected chi connectivity index (χ3v) is 12.5. The lowest BCUT2D eigenvalue weighted by atomic mass is 10.0. The first-order chi connectivity index (χ1) is 34.0. The predicted molar refractivity (Wildman–Crippen MR) is 267 cm³/mol. The molecular weight excluding hydrogens is 935 g/mol. The van der Waals surface area contributed by atoms with E-state index < -0.39 is 89.9 Å². The van der Waals surface area contributed by atoms with Crippen LogP contribution >= 0.6 is 11.3 Å². The number of hydrogen-bond acceptors (Lipinski definition) is 11. The van der Waals surface area contributed by atoms with Gasteiger partial charge in [-0.2, -0.15) is 0 Å². The smallest absolute Gasteiger partial charge is 0.245 e. The number of aliphatic imine (C=N–C) groups is 2. The highest BCUT2D eigenvalue weighted by molar-refractivity contribution is 7.10. The minimum atomic E-state index is -1.47. The van der Waals surface area contributed by atoms with E-state index in [-0.39, 0.29) is 82.9 Å². The molecule has 2 aromatic carbocycles. The number of primary amides is 2. The molecule has 6 atom stereocenters. The highest BCUT2D eigenvalue weighted by atomic mass is 32.1. The number of guanidine groups is 2. The Balaban J connectivity index is 1.40. The van der Waals surface area contributed by atoms with Crippen molar-refractivity contribution in [2.24, 2.45) is 44.4 Å². The van der Waals surface area contributed by atoms with Crippen LogP contribution in [0.2, 0.25) is 0 Å². The van der Waals surface area contributed by atoms with Crippen LogP contribution in [0, 0.1) is 0 Å². The van der Waals surface area contributed by atoms with E-state index in [2.05, 4.69) is 41.6 Å². The number of nitrogens with two attached hydrogens (primary N) is 6. The van der Waals surface area contributed by atoms with Gasteiger partial charge in [-0.05, 0) is 67.2 Å². The van der Waals surface area contributed by atoms with Gasteiger partial charge in [0.25, 0.3) is 0 Å². The summed E-state index contributed by atoms with van der Waals surface area (Å²) in [6.07, 6.45) is 2.22. The Kier molecular flexibility index (Phi) is 20.2. The fourth-order valence-electron chi connectivity index (χ4n) is 8.15. The van der Waals surface area contributed by atoms with Crippen molar-refractivity contribution in [1.82, 2.24) is 36.5 Å². The van der Waals surface area contributed by atoms with Crippen LogP contribution < -0.4 is 61.0 Å². The lowest BCUT2D eigenvalue weighted by Gasteiger charge is -2.31. The van der Waals surface area contributed by atoms with Crippen LogP contribution in [-0.2, 0) is 57.6 Å². The Morgan fingerprint density at radius 3 is 1.92 bits per heavy atom. The van der Waals surface area contributed by atoms with E-state index in [1.54, 1.807) is 36.5 Å². The van der Waals surface area contributed by atoms with Crippen molar-refractivity contribution in [2.45, 2.75) is 100 Å². The molecule has 0 unspecified atom stereocenters. The second kappa shape index (κ2) is 26.7. The maximum absolute atomic E-state index is 14.7. The quantitative estimate of drug-likeness (QED) is 0.0178. The Labute approximate surface area is 413 Å². The molecule has 71 heavy (non-hydrogen) atoms. The van der Waals surface area contributed by atoms with Gasteiger partial charge in [0.15, 0.2) is 11.9 Å². The summed E-state index contributed by atoms with van der Waals surface area (Å²) >= 11 is 1.40. The maximum Gasteiger partial charge on any atom is 0.245 e. The van der Waals surface area contributed by atoms with Crippen molar-refractivity contribution in [3.8, 4) is 0 Å². The number of benzene rings is 2. The van der Waals surface area contributed by atoms with E-state index in [0.717, 1.165) is 21.3 Å². The number of carbonyl (C=O) groups excluding carboxylic acids is 8. The van der Waals surface area contributed by atoms with Crippen molar-refractivity contribution in [3.63, 3.8) is 0 Å². The molecule has 0 aliphatic carbocycles. The first-order valence-electron chi connectivity index (χ1n) is 23.1. The summed E-state index contributed by atoms with van der Waals surface area (Å²) in [5.74, 6) is -6.29. The second-order valence-electron chi connectivity index (χ2n) is 17.0. The molecule has 18 N–H and O–H groups in total. The number of likely N-dealkylation sites (tertiary alicyclic amines) is 1.